The molecule has 104 valence electrons. The lowest BCUT2D eigenvalue weighted by molar-refractivity contribution is -0.141. The molecule has 5 heteroatoms. The molecule has 0 aliphatic carbocycles. The summed E-state index contributed by atoms with van der Waals surface area (Å²) in [7, 11) is 0. The molecule has 0 aliphatic rings. The molecule has 0 saturated heterocycles. The number of hydrogen-bond acceptors (Lipinski definition) is 2. The van der Waals surface area contributed by atoms with Gasteiger partial charge in [-0.05, 0) is 25.5 Å². The SMILES string of the molecule is CCN(CC(C)C(=O)O)C(=O)c1cccc(C)c1F. The summed E-state index contributed by atoms with van der Waals surface area (Å²) in [6.07, 6.45) is 0. The van der Waals surface area contributed by atoms with Gasteiger partial charge in [0.2, 0.25) is 0 Å². The Balaban J connectivity index is 2.96. The van der Waals surface area contributed by atoms with Gasteiger partial charge in [0.05, 0.1) is 11.5 Å². The van der Waals surface area contributed by atoms with E-state index in [9.17, 15) is 14.0 Å². The highest BCUT2D eigenvalue weighted by Gasteiger charge is 2.22. The lowest BCUT2D eigenvalue weighted by Crippen LogP contribution is -2.37. The van der Waals surface area contributed by atoms with E-state index in [1.165, 1.54) is 17.9 Å². The molecule has 0 spiro atoms. The average molecular weight is 267 g/mol. The zero-order valence-electron chi connectivity index (χ0n) is 11.3. The lowest BCUT2D eigenvalue weighted by atomic mass is 10.1. The van der Waals surface area contributed by atoms with E-state index in [-0.39, 0.29) is 12.1 Å². The third-order valence-electron chi connectivity index (χ3n) is 3.01. The molecule has 1 unspecified atom stereocenters. The Kier molecular flexibility index (Phi) is 5.03. The number of amides is 1. The van der Waals surface area contributed by atoms with Crippen LogP contribution in [0, 0.1) is 18.7 Å². The van der Waals surface area contributed by atoms with Crippen LogP contribution >= 0.6 is 0 Å². The fourth-order valence-corrected chi connectivity index (χ4v) is 1.75. The maximum absolute atomic E-state index is 13.9. The lowest BCUT2D eigenvalue weighted by Gasteiger charge is -2.23. The molecule has 1 aromatic rings. The van der Waals surface area contributed by atoms with Crippen LogP contribution in [0.2, 0.25) is 0 Å². The molecule has 1 aromatic carbocycles. The zero-order chi connectivity index (χ0) is 14.6. The van der Waals surface area contributed by atoms with E-state index >= 15 is 0 Å². The highest BCUT2D eigenvalue weighted by Crippen LogP contribution is 2.15. The highest BCUT2D eigenvalue weighted by atomic mass is 19.1. The molecule has 4 nitrogen and oxygen atoms in total. The summed E-state index contributed by atoms with van der Waals surface area (Å²) >= 11 is 0. The van der Waals surface area contributed by atoms with Crippen LogP contribution in [0.1, 0.15) is 29.8 Å². The molecule has 1 atom stereocenters. The van der Waals surface area contributed by atoms with Crippen molar-refractivity contribution in [2.24, 2.45) is 5.92 Å². The molecule has 0 heterocycles. The second-order valence-corrected chi connectivity index (χ2v) is 4.52. The maximum atomic E-state index is 13.9. The van der Waals surface area contributed by atoms with Crippen molar-refractivity contribution in [2.45, 2.75) is 20.8 Å². The number of benzene rings is 1. The van der Waals surface area contributed by atoms with Gasteiger partial charge < -0.3 is 10.0 Å². The number of carbonyl (C=O) groups excluding carboxylic acids is 1. The number of hydrogen-bond donors (Lipinski definition) is 1. The van der Waals surface area contributed by atoms with Crippen LogP contribution in [0.4, 0.5) is 4.39 Å². The van der Waals surface area contributed by atoms with Gasteiger partial charge in [0.15, 0.2) is 0 Å². The van der Waals surface area contributed by atoms with E-state index in [4.69, 9.17) is 5.11 Å². The van der Waals surface area contributed by atoms with Crippen LogP contribution in [0.25, 0.3) is 0 Å². The van der Waals surface area contributed by atoms with Gasteiger partial charge >= 0.3 is 5.97 Å². The first kappa shape index (κ1) is 15.1. The second-order valence-electron chi connectivity index (χ2n) is 4.52. The summed E-state index contributed by atoms with van der Waals surface area (Å²) < 4.78 is 13.9. The van der Waals surface area contributed by atoms with Crippen LogP contribution in [0.3, 0.4) is 0 Å². The van der Waals surface area contributed by atoms with Gasteiger partial charge in [0, 0.05) is 13.1 Å². The van der Waals surface area contributed by atoms with Gasteiger partial charge in [-0.2, -0.15) is 0 Å². The molecule has 1 amide bonds. The molecule has 1 N–H and O–H groups in total. The first-order valence-corrected chi connectivity index (χ1v) is 6.15. The largest absolute Gasteiger partial charge is 0.481 e. The predicted octanol–water partition coefficient (Wildman–Crippen LogP) is 2.32. The molecule has 0 fully saturated rings. The Morgan fingerprint density at radius 3 is 2.58 bits per heavy atom. The van der Waals surface area contributed by atoms with Gasteiger partial charge in [-0.15, -0.1) is 0 Å². The molecule has 0 aromatic heterocycles. The second kappa shape index (κ2) is 6.31. The Morgan fingerprint density at radius 1 is 1.42 bits per heavy atom. The highest BCUT2D eigenvalue weighted by molar-refractivity contribution is 5.95. The minimum atomic E-state index is -0.976. The number of carboxylic acids is 1. The summed E-state index contributed by atoms with van der Waals surface area (Å²) in [5.41, 5.74) is 0.382. The first-order valence-electron chi connectivity index (χ1n) is 6.15. The number of aliphatic carboxylic acids is 1. The third-order valence-corrected chi connectivity index (χ3v) is 3.01. The summed E-state index contributed by atoms with van der Waals surface area (Å²) in [5, 5.41) is 8.87. The van der Waals surface area contributed by atoms with Crippen molar-refractivity contribution in [1.82, 2.24) is 4.90 Å². The van der Waals surface area contributed by atoms with Crippen molar-refractivity contribution in [1.29, 1.82) is 0 Å². The van der Waals surface area contributed by atoms with E-state index in [1.807, 2.05) is 0 Å². The van der Waals surface area contributed by atoms with Crippen molar-refractivity contribution in [2.75, 3.05) is 13.1 Å². The van der Waals surface area contributed by atoms with E-state index in [1.54, 1.807) is 26.0 Å². The molecule has 0 saturated carbocycles. The van der Waals surface area contributed by atoms with Crippen molar-refractivity contribution in [3.8, 4) is 0 Å². The van der Waals surface area contributed by atoms with Crippen LogP contribution in [-0.2, 0) is 4.79 Å². The van der Waals surface area contributed by atoms with E-state index < -0.39 is 23.6 Å². The Bertz CT molecular complexity index is 488. The number of halogens is 1. The average Bonchev–Trinajstić information content (AvgIpc) is 2.38. The smallest absolute Gasteiger partial charge is 0.308 e. The Labute approximate surface area is 111 Å². The number of aryl methyl sites for hydroxylation is 1. The summed E-state index contributed by atoms with van der Waals surface area (Å²) in [5.74, 6) is -2.68. The summed E-state index contributed by atoms with van der Waals surface area (Å²) in [6, 6.07) is 4.61. The fourth-order valence-electron chi connectivity index (χ4n) is 1.75. The van der Waals surface area contributed by atoms with Crippen molar-refractivity contribution in [3.63, 3.8) is 0 Å². The number of carboxylic acid groups (broad SMARTS) is 1. The fraction of sp³-hybridized carbons (Fsp3) is 0.429. The van der Waals surface area contributed by atoms with Crippen LogP contribution in [-0.4, -0.2) is 35.0 Å². The minimum Gasteiger partial charge on any atom is -0.481 e. The minimum absolute atomic E-state index is 0.0144. The van der Waals surface area contributed by atoms with Gasteiger partial charge in [-0.1, -0.05) is 19.1 Å². The molecular formula is C14H18FNO3. The quantitative estimate of drug-likeness (QED) is 0.890. The Hall–Kier alpha value is -1.91. The third kappa shape index (κ3) is 3.53. The number of rotatable bonds is 5. The van der Waals surface area contributed by atoms with Gasteiger partial charge in [0.1, 0.15) is 5.82 Å². The van der Waals surface area contributed by atoms with Crippen molar-refractivity contribution >= 4 is 11.9 Å². The molecule has 1 rings (SSSR count). The zero-order valence-corrected chi connectivity index (χ0v) is 11.3. The molecule has 0 aliphatic heterocycles. The van der Waals surface area contributed by atoms with E-state index in [0.29, 0.717) is 12.1 Å². The van der Waals surface area contributed by atoms with Crippen LogP contribution in [0.5, 0.6) is 0 Å². The topological polar surface area (TPSA) is 57.6 Å². The molecule has 19 heavy (non-hydrogen) atoms. The summed E-state index contributed by atoms with van der Waals surface area (Å²) in [6.45, 7) is 5.25. The molecule has 0 radical (unpaired) electrons. The van der Waals surface area contributed by atoms with Crippen LogP contribution in [0.15, 0.2) is 18.2 Å². The Morgan fingerprint density at radius 2 is 2.05 bits per heavy atom. The predicted molar refractivity (Wildman–Crippen MR) is 69.5 cm³/mol. The summed E-state index contributed by atoms with van der Waals surface area (Å²) in [4.78, 5) is 24.4. The van der Waals surface area contributed by atoms with Gasteiger partial charge in [0.25, 0.3) is 5.91 Å². The van der Waals surface area contributed by atoms with Crippen LogP contribution < -0.4 is 0 Å². The standard InChI is InChI=1S/C14H18FNO3/c1-4-16(8-10(3)14(18)19)13(17)11-7-5-6-9(2)12(11)15/h5-7,10H,4,8H2,1-3H3,(H,18,19). The van der Waals surface area contributed by atoms with Crippen molar-refractivity contribution < 1.29 is 19.1 Å². The molecular weight excluding hydrogens is 249 g/mol. The number of carbonyl (C=O) groups is 2. The monoisotopic (exact) mass is 267 g/mol. The van der Waals surface area contributed by atoms with E-state index in [2.05, 4.69) is 0 Å². The van der Waals surface area contributed by atoms with Gasteiger partial charge in [-0.25, -0.2) is 4.39 Å². The molecule has 0 bridgehead atoms. The van der Waals surface area contributed by atoms with Gasteiger partial charge in [-0.3, -0.25) is 9.59 Å². The maximum Gasteiger partial charge on any atom is 0.308 e. The number of nitrogens with zero attached hydrogens (tertiary/aromatic N) is 1. The normalized spacial score (nSPS) is 12.0. The first-order chi connectivity index (χ1) is 8.88. The van der Waals surface area contributed by atoms with Crippen molar-refractivity contribution in [3.05, 3.63) is 35.1 Å². The van der Waals surface area contributed by atoms with E-state index in [0.717, 1.165) is 0 Å².